The van der Waals surface area contributed by atoms with Crippen LogP contribution in [0.15, 0.2) is 12.1 Å². The van der Waals surface area contributed by atoms with Gasteiger partial charge in [0.25, 0.3) is 0 Å². The summed E-state index contributed by atoms with van der Waals surface area (Å²) in [4.78, 5) is 11.9. The smallest absolute Gasteiger partial charge is 0.179 e. The quantitative estimate of drug-likeness (QED) is 0.693. The zero-order chi connectivity index (χ0) is 10.8. The van der Waals surface area contributed by atoms with Gasteiger partial charge in [-0.25, -0.2) is 0 Å². The number of hydrogen-bond acceptors (Lipinski definition) is 1. The molecule has 1 aliphatic rings. The molecule has 0 aliphatic carbocycles. The maximum absolute atomic E-state index is 11.9. The molecule has 0 radical (unpaired) electrons. The van der Waals surface area contributed by atoms with Crippen LogP contribution in [0.5, 0.6) is 0 Å². The van der Waals surface area contributed by atoms with Gasteiger partial charge in [-0.3, -0.25) is 4.79 Å². The number of rotatable bonds is 3. The van der Waals surface area contributed by atoms with Crippen molar-refractivity contribution in [2.24, 2.45) is 0 Å². The molecule has 1 aromatic heterocycles. The summed E-state index contributed by atoms with van der Waals surface area (Å²) in [5, 5.41) is 0. The Labute approximate surface area is 91.3 Å². The standard InChI is InChI=1S/C13H19NO/c1-3-5-13(15)12-9-8-11-7-4-6-10(2)14(11)12/h8-10H,3-7H2,1-2H3. The van der Waals surface area contributed by atoms with Gasteiger partial charge in [-0.2, -0.15) is 0 Å². The lowest BCUT2D eigenvalue weighted by molar-refractivity contribution is 0.0969. The van der Waals surface area contributed by atoms with Crippen LogP contribution in [0.4, 0.5) is 0 Å². The van der Waals surface area contributed by atoms with Crippen molar-refractivity contribution in [1.29, 1.82) is 0 Å². The molecule has 1 aliphatic heterocycles. The minimum Gasteiger partial charge on any atom is -0.339 e. The van der Waals surface area contributed by atoms with Crippen molar-refractivity contribution in [3.8, 4) is 0 Å². The van der Waals surface area contributed by atoms with Gasteiger partial charge in [0, 0.05) is 18.2 Å². The Morgan fingerprint density at radius 1 is 1.53 bits per heavy atom. The lowest BCUT2D eigenvalue weighted by Crippen LogP contribution is -2.19. The molecular formula is C13H19NO. The predicted octanol–water partition coefficient (Wildman–Crippen LogP) is 3.37. The van der Waals surface area contributed by atoms with Crippen molar-refractivity contribution < 1.29 is 4.79 Å². The molecule has 1 atom stereocenters. The van der Waals surface area contributed by atoms with Crippen LogP contribution < -0.4 is 0 Å². The first-order valence-electron chi connectivity index (χ1n) is 5.97. The highest BCUT2D eigenvalue weighted by molar-refractivity contribution is 5.94. The third-order valence-electron chi connectivity index (χ3n) is 3.26. The average molecular weight is 205 g/mol. The fourth-order valence-electron chi connectivity index (χ4n) is 2.50. The van der Waals surface area contributed by atoms with Crippen molar-refractivity contribution >= 4 is 5.78 Å². The van der Waals surface area contributed by atoms with E-state index in [9.17, 15) is 4.79 Å². The summed E-state index contributed by atoms with van der Waals surface area (Å²) in [6, 6.07) is 4.63. The largest absolute Gasteiger partial charge is 0.339 e. The summed E-state index contributed by atoms with van der Waals surface area (Å²) in [5.41, 5.74) is 2.27. The lowest BCUT2D eigenvalue weighted by Gasteiger charge is -2.24. The highest BCUT2D eigenvalue weighted by Crippen LogP contribution is 2.28. The summed E-state index contributed by atoms with van der Waals surface area (Å²) < 4.78 is 2.25. The highest BCUT2D eigenvalue weighted by atomic mass is 16.1. The van der Waals surface area contributed by atoms with Gasteiger partial charge in [0.15, 0.2) is 5.78 Å². The molecule has 15 heavy (non-hydrogen) atoms. The maximum Gasteiger partial charge on any atom is 0.179 e. The Hall–Kier alpha value is -1.05. The van der Waals surface area contributed by atoms with Gasteiger partial charge in [-0.1, -0.05) is 6.92 Å². The van der Waals surface area contributed by atoms with E-state index in [1.807, 2.05) is 6.07 Å². The normalized spacial score (nSPS) is 20.0. The Morgan fingerprint density at radius 2 is 2.33 bits per heavy atom. The van der Waals surface area contributed by atoms with E-state index in [4.69, 9.17) is 0 Å². The van der Waals surface area contributed by atoms with Crippen LogP contribution in [0, 0.1) is 0 Å². The molecule has 82 valence electrons. The van der Waals surface area contributed by atoms with Crippen molar-refractivity contribution in [1.82, 2.24) is 4.57 Å². The van der Waals surface area contributed by atoms with E-state index in [1.54, 1.807) is 0 Å². The molecule has 1 aromatic rings. The molecule has 2 heteroatoms. The van der Waals surface area contributed by atoms with Gasteiger partial charge in [0.1, 0.15) is 0 Å². The Bertz CT molecular complexity index is 365. The third kappa shape index (κ3) is 1.85. The van der Waals surface area contributed by atoms with E-state index in [0.717, 1.165) is 18.5 Å². The number of nitrogens with zero attached hydrogens (tertiary/aromatic N) is 1. The summed E-state index contributed by atoms with van der Waals surface area (Å²) in [6.45, 7) is 4.27. The van der Waals surface area contributed by atoms with Crippen LogP contribution in [0.1, 0.15) is 61.8 Å². The van der Waals surface area contributed by atoms with E-state index in [1.165, 1.54) is 18.5 Å². The molecule has 0 fully saturated rings. The van der Waals surface area contributed by atoms with E-state index >= 15 is 0 Å². The third-order valence-corrected chi connectivity index (χ3v) is 3.26. The van der Waals surface area contributed by atoms with E-state index in [0.29, 0.717) is 18.2 Å². The Morgan fingerprint density at radius 3 is 3.07 bits per heavy atom. The monoisotopic (exact) mass is 205 g/mol. The van der Waals surface area contributed by atoms with Gasteiger partial charge in [-0.15, -0.1) is 0 Å². The van der Waals surface area contributed by atoms with Crippen molar-refractivity contribution in [2.45, 2.75) is 52.0 Å². The molecule has 0 spiro atoms. The number of fused-ring (bicyclic) bond motifs is 1. The summed E-state index contributed by atoms with van der Waals surface area (Å²) in [7, 11) is 0. The van der Waals surface area contributed by atoms with Crippen LogP contribution >= 0.6 is 0 Å². The summed E-state index contributed by atoms with van der Waals surface area (Å²) in [5.74, 6) is 0.303. The predicted molar refractivity (Wildman–Crippen MR) is 61.3 cm³/mol. The molecule has 0 aromatic carbocycles. The molecule has 0 amide bonds. The molecule has 2 heterocycles. The van der Waals surface area contributed by atoms with E-state index in [-0.39, 0.29) is 0 Å². The second kappa shape index (κ2) is 4.21. The number of aryl methyl sites for hydroxylation is 1. The minimum atomic E-state index is 0.303. The van der Waals surface area contributed by atoms with Gasteiger partial charge < -0.3 is 4.57 Å². The zero-order valence-corrected chi connectivity index (χ0v) is 9.62. The summed E-state index contributed by atoms with van der Waals surface area (Å²) in [6.07, 6.45) is 5.20. The van der Waals surface area contributed by atoms with Gasteiger partial charge in [-0.05, 0) is 44.7 Å². The van der Waals surface area contributed by atoms with E-state index in [2.05, 4.69) is 24.5 Å². The molecule has 1 unspecified atom stereocenters. The molecular weight excluding hydrogens is 186 g/mol. The van der Waals surface area contributed by atoms with Crippen LogP contribution in [-0.2, 0) is 6.42 Å². The first kappa shape index (κ1) is 10.5. The first-order valence-corrected chi connectivity index (χ1v) is 5.97. The molecule has 0 N–H and O–H groups in total. The Balaban J connectivity index is 2.33. The van der Waals surface area contributed by atoms with Gasteiger partial charge in [0.05, 0.1) is 5.69 Å². The zero-order valence-electron chi connectivity index (χ0n) is 9.62. The second-order valence-corrected chi connectivity index (χ2v) is 4.49. The van der Waals surface area contributed by atoms with Crippen molar-refractivity contribution in [2.75, 3.05) is 0 Å². The lowest BCUT2D eigenvalue weighted by atomic mass is 10.0. The number of hydrogen-bond donors (Lipinski definition) is 0. The average Bonchev–Trinajstić information content (AvgIpc) is 2.63. The van der Waals surface area contributed by atoms with Crippen molar-refractivity contribution in [3.05, 3.63) is 23.5 Å². The molecule has 0 saturated heterocycles. The number of aromatic nitrogens is 1. The number of Topliss-reactive ketones (excluding diaryl/α,β-unsaturated/α-hetero) is 1. The van der Waals surface area contributed by atoms with Crippen LogP contribution in [-0.4, -0.2) is 10.4 Å². The number of ketones is 1. The maximum atomic E-state index is 11.9. The van der Waals surface area contributed by atoms with Gasteiger partial charge >= 0.3 is 0 Å². The van der Waals surface area contributed by atoms with Gasteiger partial charge in [0.2, 0.25) is 0 Å². The Kier molecular flexibility index (Phi) is 2.94. The molecule has 2 nitrogen and oxygen atoms in total. The topological polar surface area (TPSA) is 22.0 Å². The molecule has 0 saturated carbocycles. The minimum absolute atomic E-state index is 0.303. The van der Waals surface area contributed by atoms with Crippen LogP contribution in [0.2, 0.25) is 0 Å². The second-order valence-electron chi connectivity index (χ2n) is 4.49. The fraction of sp³-hybridized carbons (Fsp3) is 0.615. The highest BCUT2D eigenvalue weighted by Gasteiger charge is 2.21. The van der Waals surface area contributed by atoms with Crippen molar-refractivity contribution in [3.63, 3.8) is 0 Å². The number of carbonyl (C=O) groups excluding carboxylic acids is 1. The molecule has 0 bridgehead atoms. The SMILES string of the molecule is CCCC(=O)c1ccc2n1C(C)CCC2. The summed E-state index contributed by atoms with van der Waals surface area (Å²) >= 11 is 0. The van der Waals surface area contributed by atoms with Crippen LogP contribution in [0.3, 0.4) is 0 Å². The van der Waals surface area contributed by atoms with E-state index < -0.39 is 0 Å². The fourth-order valence-corrected chi connectivity index (χ4v) is 2.50. The molecule has 2 rings (SSSR count). The van der Waals surface area contributed by atoms with Crippen LogP contribution in [0.25, 0.3) is 0 Å². The first-order chi connectivity index (χ1) is 7.24. The number of carbonyl (C=O) groups is 1.